The van der Waals surface area contributed by atoms with Crippen molar-refractivity contribution >= 4 is 23.1 Å². The average molecular weight is 205 g/mol. The van der Waals surface area contributed by atoms with Gasteiger partial charge in [0.1, 0.15) is 11.3 Å². The van der Waals surface area contributed by atoms with Crippen molar-refractivity contribution in [1.82, 2.24) is 9.36 Å². The van der Waals surface area contributed by atoms with Gasteiger partial charge < -0.3 is 0 Å². The smallest absolute Gasteiger partial charge is 0.129 e. The highest BCUT2D eigenvalue weighted by Gasteiger charge is 2.09. The number of hydrogen-bond acceptors (Lipinski definition) is 3. The topological polar surface area (TPSA) is 25.8 Å². The van der Waals surface area contributed by atoms with Crippen LogP contribution in [-0.2, 0) is 6.42 Å². The first-order valence-corrected chi connectivity index (χ1v) is 5.29. The van der Waals surface area contributed by atoms with Crippen molar-refractivity contribution in [2.24, 2.45) is 5.92 Å². The third-order valence-electron chi connectivity index (χ3n) is 1.53. The van der Waals surface area contributed by atoms with Crippen LogP contribution in [0.5, 0.6) is 0 Å². The molecule has 2 nitrogen and oxygen atoms in total. The van der Waals surface area contributed by atoms with E-state index < -0.39 is 0 Å². The highest BCUT2D eigenvalue weighted by atomic mass is 35.5. The standard InChI is InChI=1S/C8H13ClN2S/c1-6(2)3-7(9)4-8-10-5-11-12-8/h5-7H,3-4H2,1-2H3. The van der Waals surface area contributed by atoms with Crippen molar-refractivity contribution in [3.8, 4) is 0 Å². The van der Waals surface area contributed by atoms with Crippen LogP contribution < -0.4 is 0 Å². The SMILES string of the molecule is CC(C)CC(Cl)Cc1ncns1. The van der Waals surface area contributed by atoms with Crippen molar-refractivity contribution in [2.75, 3.05) is 0 Å². The van der Waals surface area contributed by atoms with E-state index in [-0.39, 0.29) is 5.38 Å². The first kappa shape index (κ1) is 9.93. The molecule has 12 heavy (non-hydrogen) atoms. The van der Waals surface area contributed by atoms with E-state index in [1.807, 2.05) is 0 Å². The van der Waals surface area contributed by atoms with E-state index in [4.69, 9.17) is 11.6 Å². The summed E-state index contributed by atoms with van der Waals surface area (Å²) in [6.45, 7) is 4.35. The molecule has 68 valence electrons. The van der Waals surface area contributed by atoms with E-state index in [0.717, 1.165) is 17.8 Å². The maximum Gasteiger partial charge on any atom is 0.129 e. The van der Waals surface area contributed by atoms with Crippen LogP contribution in [0.1, 0.15) is 25.3 Å². The Morgan fingerprint density at radius 3 is 2.83 bits per heavy atom. The molecular weight excluding hydrogens is 192 g/mol. The van der Waals surface area contributed by atoms with Crippen LogP contribution in [0.15, 0.2) is 6.33 Å². The summed E-state index contributed by atoms with van der Waals surface area (Å²) in [5.74, 6) is 0.653. The first-order valence-electron chi connectivity index (χ1n) is 4.08. The lowest BCUT2D eigenvalue weighted by Crippen LogP contribution is -2.06. The first-order chi connectivity index (χ1) is 5.68. The summed E-state index contributed by atoms with van der Waals surface area (Å²) in [6, 6.07) is 0. The van der Waals surface area contributed by atoms with Crippen LogP contribution in [0.2, 0.25) is 0 Å². The average Bonchev–Trinajstić information content (AvgIpc) is 2.37. The van der Waals surface area contributed by atoms with Crippen molar-refractivity contribution in [3.63, 3.8) is 0 Å². The Kier molecular flexibility index (Phi) is 3.95. The molecule has 0 radical (unpaired) electrons. The molecule has 1 rings (SSSR count). The van der Waals surface area contributed by atoms with Crippen molar-refractivity contribution in [2.45, 2.75) is 32.1 Å². The van der Waals surface area contributed by atoms with Gasteiger partial charge in [-0.05, 0) is 23.9 Å². The summed E-state index contributed by atoms with van der Waals surface area (Å²) < 4.78 is 3.93. The van der Waals surface area contributed by atoms with Crippen LogP contribution in [0.4, 0.5) is 0 Å². The molecule has 1 aromatic heterocycles. The van der Waals surface area contributed by atoms with E-state index in [1.165, 1.54) is 11.5 Å². The Bertz CT molecular complexity index is 211. The van der Waals surface area contributed by atoms with Crippen LogP contribution >= 0.6 is 23.1 Å². The molecule has 0 aromatic carbocycles. The molecule has 1 atom stereocenters. The number of aromatic nitrogens is 2. The maximum absolute atomic E-state index is 6.11. The van der Waals surface area contributed by atoms with Gasteiger partial charge >= 0.3 is 0 Å². The normalized spacial score (nSPS) is 13.7. The number of nitrogens with zero attached hydrogens (tertiary/aromatic N) is 2. The fourth-order valence-corrected chi connectivity index (χ4v) is 2.25. The molecular formula is C8H13ClN2S. The molecule has 1 heterocycles. The number of hydrogen-bond donors (Lipinski definition) is 0. The molecule has 1 aromatic rings. The van der Waals surface area contributed by atoms with Crippen molar-refractivity contribution in [1.29, 1.82) is 0 Å². The van der Waals surface area contributed by atoms with Gasteiger partial charge in [-0.2, -0.15) is 4.37 Å². The summed E-state index contributed by atoms with van der Waals surface area (Å²) >= 11 is 7.54. The lowest BCUT2D eigenvalue weighted by molar-refractivity contribution is 0.561. The minimum absolute atomic E-state index is 0.206. The predicted molar refractivity (Wildman–Crippen MR) is 52.7 cm³/mol. The second kappa shape index (κ2) is 4.77. The zero-order chi connectivity index (χ0) is 8.97. The van der Waals surface area contributed by atoms with E-state index in [1.54, 1.807) is 6.33 Å². The van der Waals surface area contributed by atoms with E-state index >= 15 is 0 Å². The van der Waals surface area contributed by atoms with Gasteiger partial charge in [-0.25, -0.2) is 4.98 Å². The molecule has 0 N–H and O–H groups in total. The zero-order valence-electron chi connectivity index (χ0n) is 7.33. The maximum atomic E-state index is 6.11. The third kappa shape index (κ3) is 3.50. The Balaban J connectivity index is 2.32. The van der Waals surface area contributed by atoms with Gasteiger partial charge in [0.05, 0.1) is 0 Å². The van der Waals surface area contributed by atoms with Gasteiger partial charge in [0.15, 0.2) is 0 Å². The van der Waals surface area contributed by atoms with Gasteiger partial charge in [0, 0.05) is 11.8 Å². The molecule has 0 aliphatic heterocycles. The summed E-state index contributed by atoms with van der Waals surface area (Å²) in [7, 11) is 0. The Labute approximate surface area is 82.1 Å². The lowest BCUT2D eigenvalue weighted by atomic mass is 10.1. The summed E-state index contributed by atoms with van der Waals surface area (Å²) in [4.78, 5) is 4.09. The van der Waals surface area contributed by atoms with Crippen molar-refractivity contribution in [3.05, 3.63) is 11.3 Å². The van der Waals surface area contributed by atoms with Gasteiger partial charge in [-0.3, -0.25) is 0 Å². The molecule has 0 bridgehead atoms. The second-order valence-corrected chi connectivity index (χ2v) is 4.75. The fraction of sp³-hybridized carbons (Fsp3) is 0.750. The van der Waals surface area contributed by atoms with Crippen LogP contribution in [0.25, 0.3) is 0 Å². The van der Waals surface area contributed by atoms with E-state index in [2.05, 4.69) is 23.2 Å². The Morgan fingerprint density at radius 1 is 1.58 bits per heavy atom. The molecule has 0 amide bonds. The quantitative estimate of drug-likeness (QED) is 0.705. The summed E-state index contributed by atoms with van der Waals surface area (Å²) in [5, 5.41) is 1.24. The highest BCUT2D eigenvalue weighted by Crippen LogP contribution is 2.16. The molecule has 0 aliphatic rings. The predicted octanol–water partition coefficient (Wildman–Crippen LogP) is 2.73. The van der Waals surface area contributed by atoms with Gasteiger partial charge in [0.2, 0.25) is 0 Å². The number of rotatable bonds is 4. The summed E-state index contributed by atoms with van der Waals surface area (Å²) in [5.41, 5.74) is 0. The third-order valence-corrected chi connectivity index (χ3v) is 2.55. The van der Waals surface area contributed by atoms with E-state index in [9.17, 15) is 0 Å². The van der Waals surface area contributed by atoms with Crippen molar-refractivity contribution < 1.29 is 0 Å². The minimum atomic E-state index is 0.206. The van der Waals surface area contributed by atoms with E-state index in [0.29, 0.717) is 5.92 Å². The highest BCUT2D eigenvalue weighted by molar-refractivity contribution is 7.05. The monoisotopic (exact) mass is 204 g/mol. The minimum Gasteiger partial charge on any atom is -0.228 e. The van der Waals surface area contributed by atoms with Gasteiger partial charge in [-0.1, -0.05) is 13.8 Å². The van der Waals surface area contributed by atoms with Gasteiger partial charge in [-0.15, -0.1) is 11.6 Å². The lowest BCUT2D eigenvalue weighted by Gasteiger charge is -2.09. The molecule has 4 heteroatoms. The fourth-order valence-electron chi connectivity index (χ4n) is 1.07. The molecule has 0 spiro atoms. The molecule has 0 fully saturated rings. The zero-order valence-corrected chi connectivity index (χ0v) is 8.90. The summed E-state index contributed by atoms with van der Waals surface area (Å²) in [6.07, 6.45) is 3.48. The Hall–Kier alpha value is -0.150. The van der Waals surface area contributed by atoms with Crippen LogP contribution in [0.3, 0.4) is 0 Å². The molecule has 1 unspecified atom stereocenters. The molecule has 0 saturated carbocycles. The van der Waals surface area contributed by atoms with Crippen LogP contribution in [-0.4, -0.2) is 14.7 Å². The van der Waals surface area contributed by atoms with Crippen LogP contribution in [0, 0.1) is 5.92 Å². The molecule has 0 aliphatic carbocycles. The Morgan fingerprint density at radius 2 is 2.33 bits per heavy atom. The largest absolute Gasteiger partial charge is 0.228 e. The second-order valence-electron chi connectivity index (χ2n) is 3.27. The number of halogens is 1. The molecule has 0 saturated heterocycles. The number of alkyl halides is 1. The van der Waals surface area contributed by atoms with Gasteiger partial charge in [0.25, 0.3) is 0 Å².